The van der Waals surface area contributed by atoms with Gasteiger partial charge in [-0.2, -0.15) is 13.2 Å². The van der Waals surface area contributed by atoms with Gasteiger partial charge in [0, 0.05) is 25.7 Å². The predicted molar refractivity (Wildman–Crippen MR) is 135 cm³/mol. The van der Waals surface area contributed by atoms with E-state index in [0.29, 0.717) is 43.7 Å². The van der Waals surface area contributed by atoms with Crippen molar-refractivity contribution < 1.29 is 27.5 Å². The van der Waals surface area contributed by atoms with Crippen LogP contribution in [0.3, 0.4) is 0 Å². The second-order valence-electron chi connectivity index (χ2n) is 9.16. The Morgan fingerprint density at radius 1 is 0.919 bits per heavy atom. The standard InChI is InChI=1S/C29H29F3N2O3/c1-33-17-7-8-18-34(27(35)22-13-15-23(16-14-22)29(30,31)32)24(19-21-9-3-2-4-10-21)20-37-26-12-6-5-11-25(26)28(33)36/h2-6,9-16,24H,7-8,17-20H2,1H3/t24-/m0/s1. The molecule has 0 bridgehead atoms. The topological polar surface area (TPSA) is 49.9 Å². The molecule has 0 saturated heterocycles. The molecule has 1 aliphatic heterocycles. The van der Waals surface area contributed by atoms with Crippen molar-refractivity contribution in [3.8, 4) is 5.75 Å². The van der Waals surface area contributed by atoms with Crippen molar-refractivity contribution in [2.45, 2.75) is 31.5 Å². The van der Waals surface area contributed by atoms with Crippen molar-refractivity contribution in [1.82, 2.24) is 9.80 Å². The SMILES string of the molecule is CN1CCCCN(C(=O)c2ccc(C(F)(F)F)cc2)[C@@H](Cc2ccccc2)COc2ccccc2C1=O. The maximum absolute atomic E-state index is 13.7. The van der Waals surface area contributed by atoms with E-state index in [4.69, 9.17) is 4.74 Å². The number of para-hydroxylation sites is 1. The Balaban J connectivity index is 1.68. The van der Waals surface area contributed by atoms with E-state index in [1.54, 1.807) is 41.1 Å². The molecule has 8 heteroatoms. The average Bonchev–Trinajstić information content (AvgIpc) is 2.90. The van der Waals surface area contributed by atoms with E-state index in [-0.39, 0.29) is 24.0 Å². The first kappa shape index (κ1) is 26.3. The Hall–Kier alpha value is -3.81. The van der Waals surface area contributed by atoms with E-state index in [0.717, 1.165) is 17.7 Å². The zero-order valence-electron chi connectivity index (χ0n) is 20.6. The lowest BCUT2D eigenvalue weighted by Crippen LogP contribution is -2.46. The second-order valence-corrected chi connectivity index (χ2v) is 9.16. The van der Waals surface area contributed by atoms with Crippen LogP contribution in [0.25, 0.3) is 0 Å². The van der Waals surface area contributed by atoms with E-state index in [1.807, 2.05) is 30.3 Å². The lowest BCUT2D eigenvalue weighted by atomic mass is 10.0. The highest BCUT2D eigenvalue weighted by atomic mass is 19.4. The van der Waals surface area contributed by atoms with Gasteiger partial charge < -0.3 is 14.5 Å². The number of carbonyl (C=O) groups is 2. The number of alkyl halides is 3. The minimum absolute atomic E-state index is 0.120. The fourth-order valence-electron chi connectivity index (χ4n) is 4.46. The van der Waals surface area contributed by atoms with Gasteiger partial charge in [-0.05, 0) is 61.2 Å². The second kappa shape index (κ2) is 11.5. The molecule has 0 aliphatic carbocycles. The molecular weight excluding hydrogens is 481 g/mol. The lowest BCUT2D eigenvalue weighted by molar-refractivity contribution is -0.137. The minimum atomic E-state index is -4.48. The van der Waals surface area contributed by atoms with Gasteiger partial charge in [-0.25, -0.2) is 0 Å². The lowest BCUT2D eigenvalue weighted by Gasteiger charge is -2.33. The Kier molecular flexibility index (Phi) is 8.16. The molecule has 1 aliphatic rings. The van der Waals surface area contributed by atoms with Crippen molar-refractivity contribution in [3.63, 3.8) is 0 Å². The number of rotatable bonds is 3. The van der Waals surface area contributed by atoms with E-state index >= 15 is 0 Å². The summed E-state index contributed by atoms with van der Waals surface area (Å²) in [6, 6.07) is 20.6. The zero-order chi connectivity index (χ0) is 26.4. The Labute approximate surface area is 214 Å². The van der Waals surface area contributed by atoms with Crippen molar-refractivity contribution in [2.24, 2.45) is 0 Å². The highest BCUT2D eigenvalue weighted by Crippen LogP contribution is 2.29. The molecule has 1 atom stereocenters. The Morgan fingerprint density at radius 3 is 2.27 bits per heavy atom. The monoisotopic (exact) mass is 510 g/mol. The van der Waals surface area contributed by atoms with Crippen LogP contribution < -0.4 is 4.74 Å². The van der Waals surface area contributed by atoms with Crippen molar-refractivity contribution in [1.29, 1.82) is 0 Å². The van der Waals surface area contributed by atoms with Crippen molar-refractivity contribution >= 4 is 11.8 Å². The first-order chi connectivity index (χ1) is 17.7. The fourth-order valence-corrected chi connectivity index (χ4v) is 4.46. The van der Waals surface area contributed by atoms with Gasteiger partial charge in [0.25, 0.3) is 11.8 Å². The van der Waals surface area contributed by atoms with Gasteiger partial charge in [0.05, 0.1) is 17.2 Å². The fraction of sp³-hybridized carbons (Fsp3) is 0.310. The Bertz CT molecular complexity index is 1210. The highest BCUT2D eigenvalue weighted by Gasteiger charge is 2.31. The van der Waals surface area contributed by atoms with Gasteiger partial charge in [-0.1, -0.05) is 42.5 Å². The summed E-state index contributed by atoms with van der Waals surface area (Å²) in [5.74, 6) is -0.0542. The van der Waals surface area contributed by atoms with Gasteiger partial charge >= 0.3 is 6.18 Å². The van der Waals surface area contributed by atoms with Crippen LogP contribution in [0.1, 0.15) is 44.7 Å². The predicted octanol–water partition coefficient (Wildman–Crippen LogP) is 5.70. The van der Waals surface area contributed by atoms with Gasteiger partial charge in [0.15, 0.2) is 0 Å². The van der Waals surface area contributed by atoms with Crippen LogP contribution in [-0.2, 0) is 12.6 Å². The summed E-state index contributed by atoms with van der Waals surface area (Å²) < 4.78 is 45.4. The van der Waals surface area contributed by atoms with Gasteiger partial charge in [0.2, 0.25) is 0 Å². The molecule has 37 heavy (non-hydrogen) atoms. The van der Waals surface area contributed by atoms with Crippen LogP contribution in [0.2, 0.25) is 0 Å². The van der Waals surface area contributed by atoms with Crippen LogP contribution in [0.5, 0.6) is 5.75 Å². The van der Waals surface area contributed by atoms with Gasteiger partial charge in [0.1, 0.15) is 12.4 Å². The number of halogens is 3. The maximum Gasteiger partial charge on any atom is 0.416 e. The third-order valence-corrected chi connectivity index (χ3v) is 6.51. The van der Waals surface area contributed by atoms with Crippen molar-refractivity contribution in [2.75, 3.05) is 26.7 Å². The quantitative estimate of drug-likeness (QED) is 0.454. The van der Waals surface area contributed by atoms with Crippen LogP contribution in [0.4, 0.5) is 13.2 Å². The minimum Gasteiger partial charge on any atom is -0.491 e. The molecule has 0 aromatic heterocycles. The molecule has 3 aromatic rings. The summed E-state index contributed by atoms with van der Waals surface area (Å²) in [7, 11) is 1.73. The molecule has 5 nitrogen and oxygen atoms in total. The van der Waals surface area contributed by atoms with Gasteiger partial charge in [-0.15, -0.1) is 0 Å². The highest BCUT2D eigenvalue weighted by molar-refractivity contribution is 5.97. The molecule has 3 aromatic carbocycles. The number of nitrogens with zero attached hydrogens (tertiary/aromatic N) is 2. The summed E-state index contributed by atoms with van der Waals surface area (Å²) in [4.78, 5) is 30.0. The van der Waals surface area contributed by atoms with E-state index in [1.165, 1.54) is 12.1 Å². The van der Waals surface area contributed by atoms with Crippen LogP contribution in [0.15, 0.2) is 78.9 Å². The van der Waals surface area contributed by atoms with Crippen LogP contribution >= 0.6 is 0 Å². The van der Waals surface area contributed by atoms with Crippen molar-refractivity contribution in [3.05, 3.63) is 101 Å². The smallest absolute Gasteiger partial charge is 0.416 e. The molecule has 1 heterocycles. The van der Waals surface area contributed by atoms with Crippen LogP contribution in [0, 0.1) is 0 Å². The number of hydrogen-bond acceptors (Lipinski definition) is 3. The van der Waals surface area contributed by atoms with Gasteiger partial charge in [-0.3, -0.25) is 9.59 Å². The largest absolute Gasteiger partial charge is 0.491 e. The third kappa shape index (κ3) is 6.50. The molecule has 0 spiro atoms. The summed E-state index contributed by atoms with van der Waals surface area (Å²) in [6.07, 6.45) is -2.70. The number of hydrogen-bond donors (Lipinski definition) is 0. The van der Waals surface area contributed by atoms with E-state index in [9.17, 15) is 22.8 Å². The number of benzene rings is 3. The summed E-state index contributed by atoms with van der Waals surface area (Å²) in [5, 5.41) is 0. The first-order valence-electron chi connectivity index (χ1n) is 12.2. The van der Waals surface area contributed by atoms with E-state index in [2.05, 4.69) is 0 Å². The molecular formula is C29H29F3N2O3. The molecule has 0 N–H and O–H groups in total. The maximum atomic E-state index is 13.7. The number of ether oxygens (including phenoxy) is 1. The Morgan fingerprint density at radius 2 is 1.57 bits per heavy atom. The van der Waals surface area contributed by atoms with Crippen LogP contribution in [-0.4, -0.2) is 54.4 Å². The van der Waals surface area contributed by atoms with E-state index < -0.39 is 17.8 Å². The molecule has 4 rings (SSSR count). The average molecular weight is 511 g/mol. The first-order valence-corrected chi connectivity index (χ1v) is 12.2. The molecule has 0 unspecified atom stereocenters. The molecule has 194 valence electrons. The third-order valence-electron chi connectivity index (χ3n) is 6.51. The molecule has 2 amide bonds. The summed E-state index contributed by atoms with van der Waals surface area (Å²) in [6.45, 7) is 0.999. The molecule has 0 radical (unpaired) electrons. The number of fused-ring (bicyclic) bond motifs is 1. The number of amides is 2. The summed E-state index contributed by atoms with van der Waals surface area (Å²) >= 11 is 0. The summed E-state index contributed by atoms with van der Waals surface area (Å²) in [5.41, 5.74) is 0.833. The normalized spacial score (nSPS) is 17.3. The number of carbonyl (C=O) groups excluding carboxylic acids is 2. The zero-order valence-corrected chi connectivity index (χ0v) is 20.6. The molecule has 0 fully saturated rings. The molecule has 0 saturated carbocycles.